The predicted molar refractivity (Wildman–Crippen MR) is 77.5 cm³/mol. The molecule has 1 N–H and O–H groups in total. The maximum Gasteiger partial charge on any atom is 0.0536 e. The van der Waals surface area contributed by atoms with Crippen molar-refractivity contribution in [3.05, 3.63) is 0 Å². The van der Waals surface area contributed by atoms with Crippen molar-refractivity contribution in [3.8, 4) is 0 Å². The highest BCUT2D eigenvalue weighted by atomic mass is 16.5. The summed E-state index contributed by atoms with van der Waals surface area (Å²) >= 11 is 0. The van der Waals surface area contributed by atoms with Gasteiger partial charge in [0.15, 0.2) is 0 Å². The van der Waals surface area contributed by atoms with Gasteiger partial charge in [0.2, 0.25) is 0 Å². The minimum Gasteiger partial charge on any atom is -0.385 e. The van der Waals surface area contributed by atoms with E-state index in [-0.39, 0.29) is 5.41 Å². The molecule has 0 saturated carbocycles. The van der Waals surface area contributed by atoms with Gasteiger partial charge < -0.3 is 19.5 Å². The molecule has 0 bridgehead atoms. The van der Waals surface area contributed by atoms with Crippen molar-refractivity contribution in [1.82, 2.24) is 5.32 Å². The fourth-order valence-corrected chi connectivity index (χ4v) is 2.40. The average Bonchev–Trinajstić information content (AvgIpc) is 2.82. The lowest BCUT2D eigenvalue weighted by atomic mass is 9.84. The van der Waals surface area contributed by atoms with Crippen LogP contribution in [0.25, 0.3) is 0 Å². The Balaban J connectivity index is 2.16. The summed E-state index contributed by atoms with van der Waals surface area (Å²) in [5.74, 6) is 0.699. The van der Waals surface area contributed by atoms with E-state index in [2.05, 4.69) is 19.2 Å². The third-order valence-electron chi connectivity index (χ3n) is 3.65. The Bertz CT molecular complexity index is 215. The van der Waals surface area contributed by atoms with Crippen LogP contribution in [-0.2, 0) is 14.2 Å². The van der Waals surface area contributed by atoms with Gasteiger partial charge in [0.1, 0.15) is 0 Å². The Morgan fingerprint density at radius 2 is 2.11 bits per heavy atom. The van der Waals surface area contributed by atoms with Crippen LogP contribution in [0.1, 0.15) is 33.1 Å². The second-order valence-electron chi connectivity index (χ2n) is 6.04. The maximum atomic E-state index is 5.69. The summed E-state index contributed by atoms with van der Waals surface area (Å²) in [6.07, 6.45) is 3.22. The zero-order valence-electron chi connectivity index (χ0n) is 12.9. The van der Waals surface area contributed by atoms with Gasteiger partial charge in [-0.1, -0.05) is 13.8 Å². The van der Waals surface area contributed by atoms with Gasteiger partial charge in [0.25, 0.3) is 0 Å². The van der Waals surface area contributed by atoms with Crippen molar-refractivity contribution in [2.24, 2.45) is 11.3 Å². The van der Waals surface area contributed by atoms with Crippen molar-refractivity contribution >= 4 is 0 Å². The van der Waals surface area contributed by atoms with E-state index in [9.17, 15) is 0 Å². The highest BCUT2D eigenvalue weighted by Crippen LogP contribution is 2.31. The highest BCUT2D eigenvalue weighted by molar-refractivity contribution is 4.85. The van der Waals surface area contributed by atoms with Crippen molar-refractivity contribution in [2.45, 2.75) is 33.1 Å². The molecule has 114 valence electrons. The molecule has 0 spiro atoms. The number of hydrogen-bond donors (Lipinski definition) is 1. The standard InChI is InChI=1S/C15H31NO3/c1-14(2)11-16-12-15(6-10-19-13-15)5-9-18-8-4-7-17-3/h14,16H,4-13H2,1-3H3. The van der Waals surface area contributed by atoms with Crippen molar-refractivity contribution in [1.29, 1.82) is 0 Å². The lowest BCUT2D eigenvalue weighted by molar-refractivity contribution is 0.0677. The average molecular weight is 273 g/mol. The van der Waals surface area contributed by atoms with Gasteiger partial charge >= 0.3 is 0 Å². The third-order valence-corrected chi connectivity index (χ3v) is 3.65. The molecule has 0 aliphatic carbocycles. The molecule has 0 radical (unpaired) electrons. The quantitative estimate of drug-likeness (QED) is 0.585. The third kappa shape index (κ3) is 7.25. The zero-order valence-corrected chi connectivity index (χ0v) is 12.9. The molecule has 1 atom stereocenters. The first-order valence-electron chi connectivity index (χ1n) is 7.54. The van der Waals surface area contributed by atoms with Gasteiger partial charge in [0.05, 0.1) is 6.61 Å². The lowest BCUT2D eigenvalue weighted by Crippen LogP contribution is -2.37. The smallest absolute Gasteiger partial charge is 0.0536 e. The SMILES string of the molecule is COCCCOCCC1(CNCC(C)C)CCOC1. The summed E-state index contributed by atoms with van der Waals surface area (Å²) in [6.45, 7) is 10.8. The first-order chi connectivity index (χ1) is 9.18. The topological polar surface area (TPSA) is 39.7 Å². The molecule has 0 aromatic rings. The van der Waals surface area contributed by atoms with Gasteiger partial charge in [-0.25, -0.2) is 0 Å². The zero-order chi connectivity index (χ0) is 14.0. The molecule has 19 heavy (non-hydrogen) atoms. The summed E-state index contributed by atoms with van der Waals surface area (Å²) in [7, 11) is 1.73. The van der Waals surface area contributed by atoms with Crippen LogP contribution >= 0.6 is 0 Å². The van der Waals surface area contributed by atoms with E-state index in [1.807, 2.05) is 0 Å². The second kappa shape index (κ2) is 9.70. The monoisotopic (exact) mass is 273 g/mol. The van der Waals surface area contributed by atoms with E-state index in [1.54, 1.807) is 7.11 Å². The van der Waals surface area contributed by atoms with Crippen molar-refractivity contribution < 1.29 is 14.2 Å². The lowest BCUT2D eigenvalue weighted by Gasteiger charge is -2.28. The number of methoxy groups -OCH3 is 1. The first kappa shape index (κ1) is 16.9. The molecular weight excluding hydrogens is 242 g/mol. The molecule has 0 amide bonds. The van der Waals surface area contributed by atoms with Crippen LogP contribution in [0, 0.1) is 11.3 Å². The van der Waals surface area contributed by atoms with Gasteiger partial charge in [0, 0.05) is 45.5 Å². The summed E-state index contributed by atoms with van der Waals surface area (Å²) in [5.41, 5.74) is 0.288. The molecule has 0 aromatic heterocycles. The molecule has 1 saturated heterocycles. The van der Waals surface area contributed by atoms with Crippen LogP contribution in [0.2, 0.25) is 0 Å². The minimum atomic E-state index is 0.288. The molecule has 0 aromatic carbocycles. The van der Waals surface area contributed by atoms with E-state index in [0.717, 1.165) is 65.4 Å². The van der Waals surface area contributed by atoms with Crippen LogP contribution in [0.5, 0.6) is 0 Å². The van der Waals surface area contributed by atoms with Crippen LogP contribution in [0.15, 0.2) is 0 Å². The van der Waals surface area contributed by atoms with Crippen LogP contribution in [0.4, 0.5) is 0 Å². The van der Waals surface area contributed by atoms with Crippen molar-refractivity contribution in [2.75, 3.05) is 53.2 Å². The first-order valence-corrected chi connectivity index (χ1v) is 7.54. The van der Waals surface area contributed by atoms with Gasteiger partial charge in [-0.15, -0.1) is 0 Å². The molecule has 1 rings (SSSR count). The van der Waals surface area contributed by atoms with E-state index in [1.165, 1.54) is 0 Å². The largest absolute Gasteiger partial charge is 0.385 e. The Hall–Kier alpha value is -0.160. The van der Waals surface area contributed by atoms with Gasteiger partial charge in [-0.05, 0) is 31.7 Å². The number of ether oxygens (including phenoxy) is 3. The Morgan fingerprint density at radius 3 is 2.74 bits per heavy atom. The molecule has 1 aliphatic rings. The second-order valence-corrected chi connectivity index (χ2v) is 6.04. The summed E-state index contributed by atoms with van der Waals surface area (Å²) in [4.78, 5) is 0. The summed E-state index contributed by atoms with van der Waals surface area (Å²) in [5, 5.41) is 3.57. The molecule has 1 unspecified atom stereocenters. The highest BCUT2D eigenvalue weighted by Gasteiger charge is 2.34. The summed E-state index contributed by atoms with van der Waals surface area (Å²) < 4.78 is 16.3. The molecule has 1 aliphatic heterocycles. The Kier molecular flexibility index (Phi) is 8.62. The van der Waals surface area contributed by atoms with Crippen LogP contribution in [0.3, 0.4) is 0 Å². The van der Waals surface area contributed by atoms with E-state index in [4.69, 9.17) is 14.2 Å². The minimum absolute atomic E-state index is 0.288. The number of rotatable bonds is 11. The van der Waals surface area contributed by atoms with Crippen molar-refractivity contribution in [3.63, 3.8) is 0 Å². The fourth-order valence-electron chi connectivity index (χ4n) is 2.40. The van der Waals surface area contributed by atoms with E-state index < -0.39 is 0 Å². The summed E-state index contributed by atoms with van der Waals surface area (Å²) in [6, 6.07) is 0. The van der Waals surface area contributed by atoms with Gasteiger partial charge in [-0.3, -0.25) is 0 Å². The molecule has 4 nitrogen and oxygen atoms in total. The fraction of sp³-hybridized carbons (Fsp3) is 1.00. The Labute approximate surface area is 118 Å². The molecular formula is C15H31NO3. The predicted octanol–water partition coefficient (Wildman–Crippen LogP) is 2.08. The Morgan fingerprint density at radius 1 is 1.26 bits per heavy atom. The maximum absolute atomic E-state index is 5.69. The molecule has 4 heteroatoms. The van der Waals surface area contributed by atoms with Crippen LogP contribution in [-0.4, -0.2) is 53.2 Å². The molecule has 1 heterocycles. The number of hydrogen-bond acceptors (Lipinski definition) is 4. The number of nitrogens with one attached hydrogen (secondary N) is 1. The van der Waals surface area contributed by atoms with E-state index in [0.29, 0.717) is 5.92 Å². The van der Waals surface area contributed by atoms with Gasteiger partial charge in [-0.2, -0.15) is 0 Å². The molecule has 1 fully saturated rings. The normalized spacial score (nSPS) is 23.4. The van der Waals surface area contributed by atoms with E-state index >= 15 is 0 Å². The van der Waals surface area contributed by atoms with Crippen LogP contribution < -0.4 is 5.32 Å².